The molecule has 2 heterocycles. The van der Waals surface area contributed by atoms with E-state index in [9.17, 15) is 9.59 Å². The van der Waals surface area contributed by atoms with Crippen LogP contribution in [0.25, 0.3) is 11.3 Å². The Morgan fingerprint density at radius 2 is 1.93 bits per heavy atom. The highest BCUT2D eigenvalue weighted by Gasteiger charge is 2.23. The van der Waals surface area contributed by atoms with Crippen molar-refractivity contribution in [3.05, 3.63) is 24.4 Å². The zero-order valence-electron chi connectivity index (χ0n) is 17.9. The van der Waals surface area contributed by atoms with Gasteiger partial charge in [0.1, 0.15) is 13.2 Å². The fraction of sp³-hybridized carbons (Fsp3) is 0.476. The minimum atomic E-state index is -0.504. The van der Waals surface area contributed by atoms with Crippen LogP contribution in [0.1, 0.15) is 34.6 Å². The summed E-state index contributed by atoms with van der Waals surface area (Å²) in [5, 5.41) is 5.33. The molecule has 0 fully saturated rings. The van der Waals surface area contributed by atoms with Gasteiger partial charge in [0.25, 0.3) is 0 Å². The molecule has 1 aliphatic heterocycles. The third kappa shape index (κ3) is 5.27. The first-order valence-corrected chi connectivity index (χ1v) is 10.8. The number of imide groups is 1. The number of hydrogen-bond acceptors (Lipinski definition) is 6. The highest BCUT2D eigenvalue weighted by atomic mass is 32.2. The number of fused-ring (bicyclic) bond motifs is 1. The maximum atomic E-state index is 12.4. The van der Waals surface area contributed by atoms with Crippen LogP contribution in [0.3, 0.4) is 0 Å². The van der Waals surface area contributed by atoms with Crippen LogP contribution in [0.4, 0.5) is 4.79 Å². The Balaban J connectivity index is 1.73. The minimum absolute atomic E-state index is 0.367. The molecule has 1 aromatic heterocycles. The molecule has 1 unspecified atom stereocenters. The van der Waals surface area contributed by atoms with Crippen molar-refractivity contribution in [1.82, 2.24) is 20.2 Å². The molecule has 0 bridgehead atoms. The molecule has 3 amide bonds. The van der Waals surface area contributed by atoms with E-state index in [2.05, 4.69) is 15.6 Å². The van der Waals surface area contributed by atoms with Gasteiger partial charge in [-0.25, -0.2) is 9.78 Å². The van der Waals surface area contributed by atoms with Crippen molar-refractivity contribution in [1.29, 1.82) is 0 Å². The normalized spacial score (nSPS) is 14.2. The van der Waals surface area contributed by atoms with Crippen LogP contribution >= 0.6 is 11.8 Å². The van der Waals surface area contributed by atoms with E-state index in [0.717, 1.165) is 22.8 Å². The van der Waals surface area contributed by atoms with Gasteiger partial charge >= 0.3 is 6.03 Å². The summed E-state index contributed by atoms with van der Waals surface area (Å²) in [5.41, 5.74) is 1.47. The SMILES string of the molecule is CCn1c(-c2ccc3c(c2)OCCO3)cnc1SC(C)C(=O)NC(=O)NC(C)(C)C. The molecule has 2 N–H and O–H groups in total. The molecule has 0 radical (unpaired) electrons. The minimum Gasteiger partial charge on any atom is -0.486 e. The molecule has 0 saturated carbocycles. The number of nitrogens with one attached hydrogen (secondary N) is 2. The summed E-state index contributed by atoms with van der Waals surface area (Å²) in [5.74, 6) is 1.09. The predicted octanol–water partition coefficient (Wildman–Crippen LogP) is 3.45. The number of rotatable bonds is 5. The predicted molar refractivity (Wildman–Crippen MR) is 116 cm³/mol. The van der Waals surface area contributed by atoms with Gasteiger partial charge in [0.2, 0.25) is 5.91 Å². The molecule has 8 nitrogen and oxygen atoms in total. The van der Waals surface area contributed by atoms with Gasteiger partial charge in [0.15, 0.2) is 16.7 Å². The van der Waals surface area contributed by atoms with Gasteiger partial charge in [-0.2, -0.15) is 0 Å². The number of urea groups is 1. The second-order valence-corrected chi connectivity index (χ2v) is 9.29. The van der Waals surface area contributed by atoms with Crippen LogP contribution in [-0.2, 0) is 11.3 Å². The van der Waals surface area contributed by atoms with E-state index in [1.54, 1.807) is 13.1 Å². The smallest absolute Gasteiger partial charge is 0.321 e. The number of amides is 3. The van der Waals surface area contributed by atoms with Gasteiger partial charge in [-0.05, 0) is 52.8 Å². The molecule has 0 spiro atoms. The highest BCUT2D eigenvalue weighted by molar-refractivity contribution is 8.00. The monoisotopic (exact) mass is 432 g/mol. The fourth-order valence-corrected chi connectivity index (χ4v) is 3.94. The van der Waals surface area contributed by atoms with Gasteiger partial charge in [-0.3, -0.25) is 10.1 Å². The first kappa shape index (κ1) is 22.0. The zero-order chi connectivity index (χ0) is 21.9. The van der Waals surface area contributed by atoms with Crippen molar-refractivity contribution >= 4 is 23.7 Å². The lowest BCUT2D eigenvalue weighted by Crippen LogP contribution is -2.49. The number of aromatic nitrogens is 2. The first-order chi connectivity index (χ1) is 14.2. The Morgan fingerprint density at radius 1 is 1.23 bits per heavy atom. The fourth-order valence-electron chi connectivity index (χ4n) is 2.99. The van der Waals surface area contributed by atoms with Crippen LogP contribution in [0.5, 0.6) is 11.5 Å². The number of nitrogens with zero attached hydrogens (tertiary/aromatic N) is 2. The number of benzene rings is 1. The quantitative estimate of drug-likeness (QED) is 0.703. The summed E-state index contributed by atoms with van der Waals surface area (Å²) in [6.07, 6.45) is 1.79. The molecule has 30 heavy (non-hydrogen) atoms. The summed E-state index contributed by atoms with van der Waals surface area (Å²) >= 11 is 1.31. The van der Waals surface area contributed by atoms with Crippen molar-refractivity contribution in [2.45, 2.75) is 57.1 Å². The van der Waals surface area contributed by atoms with Gasteiger partial charge in [-0.15, -0.1) is 0 Å². The molecule has 9 heteroatoms. The summed E-state index contributed by atoms with van der Waals surface area (Å²) in [6.45, 7) is 11.1. The second kappa shape index (κ2) is 8.99. The van der Waals surface area contributed by atoms with Crippen molar-refractivity contribution < 1.29 is 19.1 Å². The number of thioether (sulfide) groups is 1. The first-order valence-electron chi connectivity index (χ1n) is 9.93. The van der Waals surface area contributed by atoms with E-state index in [1.807, 2.05) is 50.5 Å². The lowest BCUT2D eigenvalue weighted by atomic mass is 10.1. The third-order valence-corrected chi connectivity index (χ3v) is 5.45. The van der Waals surface area contributed by atoms with Crippen LogP contribution in [0, 0.1) is 0 Å². The molecule has 0 aliphatic carbocycles. The molecule has 1 atom stereocenters. The van der Waals surface area contributed by atoms with E-state index in [0.29, 0.717) is 24.9 Å². The number of imidazole rings is 1. The van der Waals surface area contributed by atoms with Crippen LogP contribution < -0.4 is 20.1 Å². The van der Waals surface area contributed by atoms with E-state index in [-0.39, 0.29) is 5.91 Å². The number of hydrogen-bond donors (Lipinski definition) is 2. The molecule has 1 aromatic carbocycles. The molecular formula is C21H28N4O4S. The molecule has 162 valence electrons. The molecule has 2 aromatic rings. The van der Waals surface area contributed by atoms with Crippen LogP contribution in [0.2, 0.25) is 0 Å². The highest BCUT2D eigenvalue weighted by Crippen LogP contribution is 2.36. The summed E-state index contributed by atoms with van der Waals surface area (Å²) in [7, 11) is 0. The van der Waals surface area contributed by atoms with Crippen molar-refractivity contribution in [2.24, 2.45) is 0 Å². The third-order valence-electron chi connectivity index (χ3n) is 4.35. The average molecular weight is 433 g/mol. The van der Waals surface area contributed by atoms with Crippen LogP contribution in [0.15, 0.2) is 29.6 Å². The van der Waals surface area contributed by atoms with Gasteiger partial charge in [-0.1, -0.05) is 11.8 Å². The van der Waals surface area contributed by atoms with Crippen molar-refractivity contribution in [3.8, 4) is 22.8 Å². The zero-order valence-corrected chi connectivity index (χ0v) is 18.8. The maximum absolute atomic E-state index is 12.4. The summed E-state index contributed by atoms with van der Waals surface area (Å²) in [4.78, 5) is 28.9. The summed E-state index contributed by atoms with van der Waals surface area (Å²) < 4.78 is 13.3. The molecule has 3 rings (SSSR count). The Bertz CT molecular complexity index is 936. The van der Waals surface area contributed by atoms with Gasteiger partial charge in [0, 0.05) is 17.6 Å². The van der Waals surface area contributed by atoms with Gasteiger partial charge < -0.3 is 19.4 Å². The van der Waals surface area contributed by atoms with Crippen molar-refractivity contribution in [2.75, 3.05) is 13.2 Å². The Kier molecular flexibility index (Phi) is 6.60. The van der Waals surface area contributed by atoms with E-state index >= 15 is 0 Å². The number of ether oxygens (including phenoxy) is 2. The molecular weight excluding hydrogens is 404 g/mol. The van der Waals surface area contributed by atoms with E-state index in [4.69, 9.17) is 9.47 Å². The Morgan fingerprint density at radius 3 is 2.60 bits per heavy atom. The Hall–Kier alpha value is -2.68. The Labute approximate surface area is 180 Å². The topological polar surface area (TPSA) is 94.5 Å². The maximum Gasteiger partial charge on any atom is 0.321 e. The van der Waals surface area contributed by atoms with Crippen molar-refractivity contribution in [3.63, 3.8) is 0 Å². The average Bonchev–Trinajstić information content (AvgIpc) is 3.08. The van der Waals surface area contributed by atoms with Gasteiger partial charge in [0.05, 0.1) is 17.1 Å². The summed E-state index contributed by atoms with van der Waals surface area (Å²) in [6, 6.07) is 5.31. The largest absolute Gasteiger partial charge is 0.486 e. The van der Waals surface area contributed by atoms with E-state index in [1.165, 1.54) is 11.8 Å². The number of carbonyl (C=O) groups excluding carboxylic acids is 2. The lowest BCUT2D eigenvalue weighted by Gasteiger charge is -2.21. The molecule has 1 aliphatic rings. The number of carbonyl (C=O) groups is 2. The van der Waals surface area contributed by atoms with Crippen LogP contribution in [-0.4, -0.2) is 45.5 Å². The molecule has 0 saturated heterocycles. The van der Waals surface area contributed by atoms with E-state index < -0.39 is 16.8 Å². The standard InChI is InChI=1S/C21H28N4O4S/c1-6-25-15(14-7-8-16-17(11-14)29-10-9-28-16)12-22-20(25)30-13(2)18(26)23-19(27)24-21(3,4)5/h7-8,11-13H,6,9-10H2,1-5H3,(H2,23,24,26,27). The second-order valence-electron chi connectivity index (χ2n) is 7.98. The lowest BCUT2D eigenvalue weighted by molar-refractivity contribution is -0.119.